The normalized spacial score (nSPS) is 15.5. The molecule has 4 aromatic carbocycles. The number of benzene rings is 4. The number of carbonyl (C=O) groups is 2. The van der Waals surface area contributed by atoms with Crippen LogP contribution in [0.1, 0.15) is 32.8 Å². The van der Waals surface area contributed by atoms with Gasteiger partial charge in [-0.1, -0.05) is 54.6 Å². The largest absolute Gasteiger partial charge is 0.478 e. The summed E-state index contributed by atoms with van der Waals surface area (Å²) in [6.45, 7) is 1.00. The molecular formula is C36H27N3O3S. The second-order valence-corrected chi connectivity index (χ2v) is 11.6. The number of anilines is 3. The molecule has 0 fully saturated rings. The van der Waals surface area contributed by atoms with Crippen LogP contribution >= 0.6 is 11.3 Å². The van der Waals surface area contributed by atoms with Crippen LogP contribution in [0.25, 0.3) is 16.5 Å². The number of amides is 1. The summed E-state index contributed by atoms with van der Waals surface area (Å²) < 4.78 is 0. The minimum absolute atomic E-state index is 0.180. The van der Waals surface area contributed by atoms with Gasteiger partial charge in [-0.3, -0.25) is 4.79 Å². The molecule has 7 rings (SSSR count). The average molecular weight is 582 g/mol. The molecule has 0 unspecified atom stereocenters. The predicted molar refractivity (Wildman–Crippen MR) is 173 cm³/mol. The van der Waals surface area contributed by atoms with Gasteiger partial charge in [0.2, 0.25) is 0 Å². The van der Waals surface area contributed by atoms with Gasteiger partial charge in [0.15, 0.2) is 0 Å². The van der Waals surface area contributed by atoms with E-state index in [1.807, 2.05) is 48.5 Å². The number of nitrogens with zero attached hydrogens (tertiary/aromatic N) is 3. The van der Waals surface area contributed by atoms with Crippen LogP contribution in [0.3, 0.4) is 0 Å². The summed E-state index contributed by atoms with van der Waals surface area (Å²) in [6.07, 6.45) is 4.03. The molecule has 1 N–H and O–H groups in total. The molecule has 3 heterocycles. The fourth-order valence-corrected chi connectivity index (χ4v) is 6.57. The van der Waals surface area contributed by atoms with Gasteiger partial charge in [-0.25, -0.2) is 4.79 Å². The van der Waals surface area contributed by atoms with Gasteiger partial charge in [0, 0.05) is 33.2 Å². The Hall–Kier alpha value is -5.27. The lowest BCUT2D eigenvalue weighted by atomic mass is 9.98. The molecule has 7 heteroatoms. The highest BCUT2D eigenvalue weighted by Crippen LogP contribution is 2.38. The molecule has 6 nitrogen and oxygen atoms in total. The number of thiophene rings is 1. The van der Waals surface area contributed by atoms with Crippen LogP contribution in [-0.4, -0.2) is 29.2 Å². The summed E-state index contributed by atoms with van der Waals surface area (Å²) >= 11 is 1.63. The monoisotopic (exact) mass is 581 g/mol. The first-order valence-electron chi connectivity index (χ1n) is 14.1. The van der Waals surface area contributed by atoms with Crippen LogP contribution in [0.2, 0.25) is 0 Å². The first-order chi connectivity index (χ1) is 21.0. The van der Waals surface area contributed by atoms with Crippen LogP contribution in [0, 0.1) is 0 Å². The summed E-state index contributed by atoms with van der Waals surface area (Å²) in [7, 11) is 0. The number of carbonyl (C=O) groups excluding carboxylic acids is 1. The molecular weight excluding hydrogens is 554 g/mol. The number of hydrogen-bond donors (Lipinski definition) is 1. The molecule has 0 radical (unpaired) electrons. The second-order valence-electron chi connectivity index (χ2n) is 10.5. The van der Waals surface area contributed by atoms with E-state index in [2.05, 4.69) is 53.4 Å². The highest BCUT2D eigenvalue weighted by atomic mass is 32.1. The SMILES string of the molecule is O=C(O)c1ccc(C2=NN(c3ccccc3)C(=O)C2=Cc2ccc(-c3ccc4c(c3)CCCN4c3ccccc3)s2)cc1. The Bertz CT molecular complexity index is 1890. The van der Waals surface area contributed by atoms with E-state index in [9.17, 15) is 14.7 Å². The van der Waals surface area contributed by atoms with Gasteiger partial charge in [-0.2, -0.15) is 10.1 Å². The molecule has 1 amide bonds. The zero-order valence-corrected chi connectivity index (χ0v) is 24.0. The maximum Gasteiger partial charge on any atom is 0.335 e. The quantitative estimate of drug-likeness (QED) is 0.206. The van der Waals surface area contributed by atoms with Gasteiger partial charge >= 0.3 is 5.97 Å². The number of carboxylic acids is 1. The maximum absolute atomic E-state index is 13.7. The molecule has 2 aliphatic heterocycles. The number of carboxylic acid groups (broad SMARTS) is 1. The van der Waals surface area contributed by atoms with Gasteiger partial charge < -0.3 is 10.0 Å². The van der Waals surface area contributed by atoms with E-state index in [-0.39, 0.29) is 11.5 Å². The van der Waals surface area contributed by atoms with Crippen molar-refractivity contribution >= 4 is 52.1 Å². The Labute approximate surface area is 253 Å². The standard InChI is InChI=1S/C36H27N3O3S/c40-35-31(34(24-13-15-25(16-14-24)36(41)42)37-39(35)29-11-5-2-6-12-29)23-30-18-20-33(43-30)27-17-19-32-26(22-27)8-7-21-38(32)28-9-3-1-4-10-28/h1-6,9-20,22-23H,7-8,21H2,(H,41,42). The molecule has 0 spiro atoms. The third-order valence-corrected chi connectivity index (χ3v) is 8.83. The van der Waals surface area contributed by atoms with Gasteiger partial charge in [0.1, 0.15) is 5.71 Å². The smallest absolute Gasteiger partial charge is 0.335 e. The second kappa shape index (κ2) is 11.2. The number of fused-ring (bicyclic) bond motifs is 1. The van der Waals surface area contributed by atoms with Crippen LogP contribution in [0.15, 0.2) is 126 Å². The Morgan fingerprint density at radius 1 is 0.814 bits per heavy atom. The van der Waals surface area contributed by atoms with E-state index in [1.54, 1.807) is 23.5 Å². The van der Waals surface area contributed by atoms with Gasteiger partial charge in [-0.05, 0) is 90.7 Å². The Morgan fingerprint density at radius 2 is 1.51 bits per heavy atom. The summed E-state index contributed by atoms with van der Waals surface area (Å²) in [5, 5.41) is 15.4. The van der Waals surface area contributed by atoms with Crippen LogP contribution in [0.4, 0.5) is 17.1 Å². The minimum atomic E-state index is -1.00. The molecule has 0 saturated carbocycles. The number of hydrazone groups is 1. The van der Waals surface area contributed by atoms with Gasteiger partial charge in [-0.15, -0.1) is 11.3 Å². The topological polar surface area (TPSA) is 73.2 Å². The zero-order chi connectivity index (χ0) is 29.3. The zero-order valence-electron chi connectivity index (χ0n) is 23.2. The third kappa shape index (κ3) is 5.15. The van der Waals surface area contributed by atoms with Crippen molar-refractivity contribution in [3.63, 3.8) is 0 Å². The van der Waals surface area contributed by atoms with Crippen molar-refractivity contribution in [2.75, 3.05) is 16.5 Å². The average Bonchev–Trinajstić information content (AvgIpc) is 3.66. The lowest BCUT2D eigenvalue weighted by Gasteiger charge is -2.31. The van der Waals surface area contributed by atoms with Gasteiger partial charge in [0.05, 0.1) is 16.8 Å². The summed E-state index contributed by atoms with van der Waals surface area (Å²) in [5.74, 6) is -1.23. The van der Waals surface area contributed by atoms with E-state index in [1.165, 1.54) is 34.1 Å². The van der Waals surface area contributed by atoms with Crippen molar-refractivity contribution in [3.05, 3.63) is 142 Å². The number of aromatic carboxylic acids is 1. The van der Waals surface area contributed by atoms with Crippen molar-refractivity contribution in [2.45, 2.75) is 12.8 Å². The van der Waals surface area contributed by atoms with Gasteiger partial charge in [0.25, 0.3) is 5.91 Å². The Balaban J connectivity index is 1.22. The van der Waals surface area contributed by atoms with Crippen molar-refractivity contribution in [3.8, 4) is 10.4 Å². The molecule has 0 atom stereocenters. The Kier molecular flexibility index (Phi) is 6.93. The predicted octanol–water partition coefficient (Wildman–Crippen LogP) is 8.03. The minimum Gasteiger partial charge on any atom is -0.478 e. The third-order valence-electron chi connectivity index (χ3n) is 7.75. The lowest BCUT2D eigenvalue weighted by molar-refractivity contribution is -0.114. The van der Waals surface area contributed by atoms with E-state index < -0.39 is 5.97 Å². The van der Waals surface area contributed by atoms with Crippen molar-refractivity contribution in [2.24, 2.45) is 5.10 Å². The Morgan fingerprint density at radius 3 is 2.23 bits per heavy atom. The van der Waals surface area contributed by atoms with E-state index in [4.69, 9.17) is 5.10 Å². The summed E-state index contributed by atoms with van der Waals surface area (Å²) in [4.78, 5) is 29.6. The van der Waals surface area contributed by atoms with E-state index >= 15 is 0 Å². The molecule has 5 aromatic rings. The number of hydrogen-bond acceptors (Lipinski definition) is 5. The maximum atomic E-state index is 13.7. The number of para-hydroxylation sites is 2. The first-order valence-corrected chi connectivity index (χ1v) is 15.0. The van der Waals surface area contributed by atoms with E-state index in [0.717, 1.165) is 34.7 Å². The van der Waals surface area contributed by atoms with E-state index in [0.29, 0.717) is 22.5 Å². The highest BCUT2D eigenvalue weighted by Gasteiger charge is 2.32. The van der Waals surface area contributed by atoms with Crippen molar-refractivity contribution in [1.29, 1.82) is 0 Å². The fraction of sp³-hybridized carbons (Fsp3) is 0.0833. The van der Waals surface area contributed by atoms with Crippen LogP contribution < -0.4 is 9.91 Å². The van der Waals surface area contributed by atoms with Crippen LogP contribution in [-0.2, 0) is 11.2 Å². The molecule has 43 heavy (non-hydrogen) atoms. The first kappa shape index (κ1) is 26.6. The molecule has 2 aliphatic rings. The summed E-state index contributed by atoms with van der Waals surface area (Å²) in [5.41, 5.74) is 7.46. The van der Waals surface area contributed by atoms with Crippen molar-refractivity contribution < 1.29 is 14.7 Å². The lowest BCUT2D eigenvalue weighted by Crippen LogP contribution is -2.24. The summed E-state index contributed by atoms with van der Waals surface area (Å²) in [6, 6.07) is 37.1. The molecule has 0 aliphatic carbocycles. The fourth-order valence-electron chi connectivity index (χ4n) is 5.63. The molecule has 0 saturated heterocycles. The van der Waals surface area contributed by atoms with Crippen molar-refractivity contribution in [1.82, 2.24) is 0 Å². The molecule has 210 valence electrons. The molecule has 1 aromatic heterocycles. The highest BCUT2D eigenvalue weighted by molar-refractivity contribution is 7.16. The van der Waals surface area contributed by atoms with Crippen LogP contribution in [0.5, 0.6) is 0 Å². The number of aryl methyl sites for hydroxylation is 1. The number of rotatable bonds is 6. The molecule has 0 bridgehead atoms.